The lowest BCUT2D eigenvalue weighted by Crippen LogP contribution is -2.26. The molecule has 0 aliphatic rings. The summed E-state index contributed by atoms with van der Waals surface area (Å²) in [6, 6.07) is 7.05. The van der Waals surface area contributed by atoms with Crippen LogP contribution in [0.3, 0.4) is 0 Å². The van der Waals surface area contributed by atoms with Crippen molar-refractivity contribution in [2.24, 2.45) is 0 Å². The predicted octanol–water partition coefficient (Wildman–Crippen LogP) is 2.25. The maximum atomic E-state index is 12.3. The maximum absolute atomic E-state index is 12.3. The molecule has 6 heteroatoms. The van der Waals surface area contributed by atoms with Crippen molar-refractivity contribution in [1.82, 2.24) is 20.1 Å². The Labute approximate surface area is 129 Å². The summed E-state index contributed by atoms with van der Waals surface area (Å²) in [6.07, 6.45) is 1.42. The van der Waals surface area contributed by atoms with Gasteiger partial charge < -0.3 is 4.90 Å². The van der Waals surface area contributed by atoms with Crippen LogP contribution in [0.5, 0.6) is 0 Å². The van der Waals surface area contributed by atoms with Gasteiger partial charge in [-0.15, -0.1) is 0 Å². The number of aromatic amines is 1. The summed E-state index contributed by atoms with van der Waals surface area (Å²) in [5, 5.41) is 16.0. The van der Waals surface area contributed by atoms with Crippen molar-refractivity contribution in [3.63, 3.8) is 0 Å². The van der Waals surface area contributed by atoms with Crippen LogP contribution in [0.2, 0.25) is 0 Å². The van der Waals surface area contributed by atoms with Gasteiger partial charge in [0.05, 0.1) is 23.5 Å². The van der Waals surface area contributed by atoms with Crippen LogP contribution in [0.25, 0.3) is 0 Å². The fourth-order valence-corrected chi connectivity index (χ4v) is 1.96. The van der Waals surface area contributed by atoms with Crippen LogP contribution in [0.1, 0.15) is 48.2 Å². The minimum atomic E-state index is -0.149. The highest BCUT2D eigenvalue weighted by atomic mass is 16.2. The Bertz CT molecular complexity index is 703. The van der Waals surface area contributed by atoms with Crippen LogP contribution in [-0.4, -0.2) is 33.0 Å². The monoisotopic (exact) mass is 297 g/mol. The van der Waals surface area contributed by atoms with Crippen LogP contribution in [-0.2, 0) is 12.0 Å². The van der Waals surface area contributed by atoms with Gasteiger partial charge in [0.15, 0.2) is 0 Å². The second kappa shape index (κ2) is 5.98. The molecule has 0 bridgehead atoms. The number of nitrogens with zero attached hydrogens (tertiary/aromatic N) is 4. The number of nitrogens with one attached hydrogen (secondary N) is 1. The van der Waals surface area contributed by atoms with E-state index in [2.05, 4.69) is 36.0 Å². The minimum Gasteiger partial charge on any atom is -0.336 e. The van der Waals surface area contributed by atoms with Crippen molar-refractivity contribution >= 4 is 5.91 Å². The average molecular weight is 297 g/mol. The predicted molar refractivity (Wildman–Crippen MR) is 82.0 cm³/mol. The van der Waals surface area contributed by atoms with E-state index in [1.165, 1.54) is 12.3 Å². The number of amides is 1. The lowest BCUT2D eigenvalue weighted by molar-refractivity contribution is 0.0783. The molecule has 6 nitrogen and oxygen atoms in total. The van der Waals surface area contributed by atoms with Crippen molar-refractivity contribution < 1.29 is 4.79 Å². The number of carbonyl (C=O) groups excluding carboxylic acids is 1. The first kappa shape index (κ1) is 15.7. The van der Waals surface area contributed by atoms with Gasteiger partial charge in [0.1, 0.15) is 11.8 Å². The van der Waals surface area contributed by atoms with E-state index in [9.17, 15) is 4.79 Å². The number of rotatable bonds is 3. The molecule has 2 aromatic rings. The van der Waals surface area contributed by atoms with E-state index in [4.69, 9.17) is 5.26 Å². The standard InChI is InChI=1S/C16H19N5O/c1-16(2,3)14-7-13(19-20-14)10-21(4)15(22)11-5-6-12(8-17)18-9-11/h5-7,9H,10H2,1-4H3,(H,19,20). The lowest BCUT2D eigenvalue weighted by atomic mass is 9.92. The van der Waals surface area contributed by atoms with Gasteiger partial charge >= 0.3 is 0 Å². The highest BCUT2D eigenvalue weighted by Gasteiger charge is 2.19. The number of aromatic nitrogens is 3. The lowest BCUT2D eigenvalue weighted by Gasteiger charge is -2.16. The van der Waals surface area contributed by atoms with E-state index >= 15 is 0 Å². The molecule has 0 saturated carbocycles. The van der Waals surface area contributed by atoms with E-state index in [1.807, 2.05) is 12.1 Å². The summed E-state index contributed by atoms with van der Waals surface area (Å²) in [7, 11) is 1.72. The summed E-state index contributed by atoms with van der Waals surface area (Å²) in [4.78, 5) is 17.8. The summed E-state index contributed by atoms with van der Waals surface area (Å²) < 4.78 is 0. The summed E-state index contributed by atoms with van der Waals surface area (Å²) in [5.41, 5.74) is 2.55. The number of pyridine rings is 1. The first-order valence-corrected chi connectivity index (χ1v) is 6.97. The molecule has 0 saturated heterocycles. The third-order valence-corrected chi connectivity index (χ3v) is 3.28. The Morgan fingerprint density at radius 3 is 2.64 bits per heavy atom. The normalized spacial score (nSPS) is 11.0. The Balaban J connectivity index is 2.08. The van der Waals surface area contributed by atoms with Gasteiger partial charge in [-0.05, 0) is 18.2 Å². The van der Waals surface area contributed by atoms with Crippen LogP contribution in [0, 0.1) is 11.3 Å². The van der Waals surface area contributed by atoms with E-state index in [1.54, 1.807) is 18.0 Å². The molecule has 0 unspecified atom stereocenters. The van der Waals surface area contributed by atoms with Gasteiger partial charge in [0, 0.05) is 18.7 Å². The molecule has 2 aromatic heterocycles. The van der Waals surface area contributed by atoms with Crippen molar-refractivity contribution in [3.8, 4) is 6.07 Å². The molecule has 0 fully saturated rings. The van der Waals surface area contributed by atoms with Crippen LogP contribution < -0.4 is 0 Å². The number of nitriles is 1. The first-order chi connectivity index (χ1) is 10.3. The minimum absolute atomic E-state index is 0.0334. The highest BCUT2D eigenvalue weighted by Crippen LogP contribution is 2.20. The van der Waals surface area contributed by atoms with Crippen molar-refractivity contribution in [2.45, 2.75) is 32.7 Å². The molecular formula is C16H19N5O. The quantitative estimate of drug-likeness (QED) is 0.941. The van der Waals surface area contributed by atoms with Crippen molar-refractivity contribution in [2.75, 3.05) is 7.05 Å². The molecule has 1 amide bonds. The van der Waals surface area contributed by atoms with E-state index in [-0.39, 0.29) is 11.3 Å². The maximum Gasteiger partial charge on any atom is 0.255 e. The van der Waals surface area contributed by atoms with Crippen molar-refractivity contribution in [3.05, 3.63) is 47.0 Å². The molecule has 0 radical (unpaired) electrons. The molecule has 0 spiro atoms. The zero-order chi connectivity index (χ0) is 16.3. The molecule has 22 heavy (non-hydrogen) atoms. The van der Waals surface area contributed by atoms with Gasteiger partial charge in [-0.2, -0.15) is 10.4 Å². The molecule has 1 N–H and O–H groups in total. The number of hydrogen-bond donors (Lipinski definition) is 1. The fourth-order valence-electron chi connectivity index (χ4n) is 1.96. The van der Waals surface area contributed by atoms with Crippen molar-refractivity contribution in [1.29, 1.82) is 5.26 Å². The third kappa shape index (κ3) is 3.50. The first-order valence-electron chi connectivity index (χ1n) is 6.97. The van der Waals surface area contributed by atoms with E-state index in [0.29, 0.717) is 17.8 Å². The molecule has 2 heterocycles. The zero-order valence-corrected chi connectivity index (χ0v) is 13.2. The van der Waals surface area contributed by atoms with Crippen LogP contribution in [0.4, 0.5) is 0 Å². The average Bonchev–Trinajstić information content (AvgIpc) is 2.95. The van der Waals surface area contributed by atoms with Gasteiger partial charge in [-0.3, -0.25) is 9.89 Å². The van der Waals surface area contributed by atoms with E-state index < -0.39 is 0 Å². The highest BCUT2D eigenvalue weighted by molar-refractivity contribution is 5.93. The fraction of sp³-hybridized carbons (Fsp3) is 0.375. The number of H-pyrrole nitrogens is 1. The SMILES string of the molecule is CN(Cc1cc(C(C)(C)C)n[nH]1)C(=O)c1ccc(C#N)nc1. The summed E-state index contributed by atoms with van der Waals surface area (Å²) >= 11 is 0. The number of hydrogen-bond acceptors (Lipinski definition) is 4. The Hall–Kier alpha value is -2.68. The van der Waals surface area contributed by atoms with Gasteiger partial charge in [0.2, 0.25) is 0 Å². The summed E-state index contributed by atoms with van der Waals surface area (Å²) in [5.74, 6) is -0.149. The topological polar surface area (TPSA) is 85.7 Å². The third-order valence-electron chi connectivity index (χ3n) is 3.28. The largest absolute Gasteiger partial charge is 0.336 e. The molecule has 0 aromatic carbocycles. The van der Waals surface area contributed by atoms with Crippen LogP contribution in [0.15, 0.2) is 24.4 Å². The second-order valence-electron chi connectivity index (χ2n) is 6.23. The summed E-state index contributed by atoms with van der Waals surface area (Å²) in [6.45, 7) is 6.70. The zero-order valence-electron chi connectivity index (χ0n) is 13.2. The molecule has 0 atom stereocenters. The Morgan fingerprint density at radius 2 is 2.14 bits per heavy atom. The van der Waals surface area contributed by atoms with Gasteiger partial charge in [-0.1, -0.05) is 20.8 Å². The number of carbonyl (C=O) groups is 1. The Kier molecular flexibility index (Phi) is 4.27. The molecular weight excluding hydrogens is 278 g/mol. The molecule has 0 aliphatic heterocycles. The smallest absolute Gasteiger partial charge is 0.255 e. The molecule has 0 aliphatic carbocycles. The second-order valence-corrected chi connectivity index (χ2v) is 6.23. The Morgan fingerprint density at radius 1 is 1.41 bits per heavy atom. The van der Waals surface area contributed by atoms with E-state index in [0.717, 1.165) is 11.4 Å². The molecule has 114 valence electrons. The van der Waals surface area contributed by atoms with Crippen LogP contribution >= 0.6 is 0 Å². The van der Waals surface area contributed by atoms with Gasteiger partial charge in [-0.25, -0.2) is 4.98 Å². The van der Waals surface area contributed by atoms with Gasteiger partial charge in [0.25, 0.3) is 5.91 Å². The molecule has 2 rings (SSSR count).